The zero-order valence-electron chi connectivity index (χ0n) is 14.0. The minimum absolute atomic E-state index is 0.0247. The lowest BCUT2D eigenvalue weighted by Gasteiger charge is -2.37. The number of nitrogens with zero attached hydrogens (tertiary/aromatic N) is 4. The summed E-state index contributed by atoms with van der Waals surface area (Å²) in [5, 5.41) is 3.74. The molecular weight excluding hydrogens is 325 g/mol. The number of anilines is 1. The maximum atomic E-state index is 13.7. The Labute approximate surface area is 144 Å². The molecule has 1 aromatic carbocycles. The fourth-order valence-electron chi connectivity index (χ4n) is 3.76. The molecule has 2 atom stereocenters. The first-order valence-corrected chi connectivity index (χ1v) is 8.38. The molecule has 0 aliphatic carbocycles. The van der Waals surface area contributed by atoms with Gasteiger partial charge in [-0.1, -0.05) is 0 Å². The summed E-state index contributed by atoms with van der Waals surface area (Å²) in [6.45, 7) is 2.51. The lowest BCUT2D eigenvalue weighted by atomic mass is 9.99. The molecule has 2 aromatic rings. The molecule has 2 amide bonds. The van der Waals surface area contributed by atoms with E-state index < -0.39 is 0 Å². The number of carbonyl (C=O) groups is 1. The second-order valence-electron chi connectivity index (χ2n) is 6.40. The second-order valence-corrected chi connectivity index (χ2v) is 6.40. The van der Waals surface area contributed by atoms with Crippen molar-refractivity contribution in [2.24, 2.45) is 0 Å². The molecule has 2 aliphatic heterocycles. The van der Waals surface area contributed by atoms with Gasteiger partial charge in [-0.2, -0.15) is 0 Å². The Morgan fingerprint density at radius 2 is 2.28 bits per heavy atom. The number of ether oxygens (including phenoxy) is 1. The van der Waals surface area contributed by atoms with Crippen molar-refractivity contribution in [3.8, 4) is 0 Å². The Kier molecular flexibility index (Phi) is 4.12. The smallest absolute Gasteiger partial charge is 0.318 e. The summed E-state index contributed by atoms with van der Waals surface area (Å²) in [4.78, 5) is 24.7. The van der Waals surface area contributed by atoms with Crippen LogP contribution in [0, 0.1) is 5.82 Å². The highest BCUT2D eigenvalue weighted by atomic mass is 19.1. The minimum Gasteiger partial charge on any atom is -0.383 e. The number of rotatable bonds is 4. The van der Waals surface area contributed by atoms with Gasteiger partial charge >= 0.3 is 6.03 Å². The highest BCUT2D eigenvalue weighted by Gasteiger charge is 2.42. The molecule has 0 bridgehead atoms. The monoisotopic (exact) mass is 345 g/mol. The van der Waals surface area contributed by atoms with Gasteiger partial charge in [0.25, 0.3) is 0 Å². The molecular formula is C17H20FN5O2. The molecule has 2 aliphatic rings. The fourth-order valence-corrected chi connectivity index (χ4v) is 3.76. The van der Waals surface area contributed by atoms with Gasteiger partial charge in [0.2, 0.25) is 0 Å². The first-order chi connectivity index (χ1) is 12.2. The van der Waals surface area contributed by atoms with E-state index in [1.807, 2.05) is 4.90 Å². The van der Waals surface area contributed by atoms with Crippen LogP contribution >= 0.6 is 0 Å². The van der Waals surface area contributed by atoms with Gasteiger partial charge in [-0.25, -0.2) is 19.2 Å². The van der Waals surface area contributed by atoms with Crippen LogP contribution in [0.3, 0.4) is 0 Å². The molecule has 0 spiro atoms. The maximum Gasteiger partial charge on any atom is 0.318 e. The SMILES string of the molecule is COCCN1C(=O)N[C@@H]2CN(c3ncnc4ccc(F)cc34)CC[C@@H]21. The Balaban J connectivity index is 1.58. The van der Waals surface area contributed by atoms with E-state index in [1.54, 1.807) is 13.2 Å². The normalized spacial score (nSPS) is 23.0. The largest absolute Gasteiger partial charge is 0.383 e. The first kappa shape index (κ1) is 16.0. The summed E-state index contributed by atoms with van der Waals surface area (Å²) in [6, 6.07) is 4.66. The van der Waals surface area contributed by atoms with E-state index in [0.29, 0.717) is 36.4 Å². The van der Waals surface area contributed by atoms with Crippen LogP contribution < -0.4 is 10.2 Å². The summed E-state index contributed by atoms with van der Waals surface area (Å²) in [6.07, 6.45) is 2.33. The number of urea groups is 1. The minimum atomic E-state index is -0.307. The zero-order chi connectivity index (χ0) is 17.4. The molecule has 7 nitrogen and oxygen atoms in total. The molecule has 0 radical (unpaired) electrons. The number of nitrogens with one attached hydrogen (secondary N) is 1. The van der Waals surface area contributed by atoms with Gasteiger partial charge in [0, 0.05) is 32.1 Å². The predicted molar refractivity (Wildman–Crippen MR) is 91.0 cm³/mol. The van der Waals surface area contributed by atoms with Crippen LogP contribution in [-0.2, 0) is 4.74 Å². The third-order valence-corrected chi connectivity index (χ3v) is 4.96. The number of amides is 2. The number of hydrogen-bond donors (Lipinski definition) is 1. The number of aromatic nitrogens is 2. The lowest BCUT2D eigenvalue weighted by Crippen LogP contribution is -2.51. The second kappa shape index (κ2) is 6.44. The molecule has 1 aromatic heterocycles. The van der Waals surface area contributed by atoms with E-state index in [-0.39, 0.29) is 23.9 Å². The summed E-state index contributed by atoms with van der Waals surface area (Å²) < 4.78 is 18.8. The van der Waals surface area contributed by atoms with Crippen LogP contribution in [0.15, 0.2) is 24.5 Å². The standard InChI is InChI=1S/C17H20FN5O2/c1-25-7-6-23-15-4-5-22(9-14(15)21-17(23)24)16-12-8-11(18)2-3-13(12)19-10-20-16/h2-3,8,10,14-15H,4-7,9H2,1H3,(H,21,24)/t14-,15+/m1/s1. The van der Waals surface area contributed by atoms with Gasteiger partial charge in [-0.05, 0) is 24.6 Å². The molecule has 1 N–H and O–H groups in total. The van der Waals surface area contributed by atoms with Gasteiger partial charge in [-0.3, -0.25) is 0 Å². The quantitative estimate of drug-likeness (QED) is 0.907. The Hall–Kier alpha value is -2.48. The zero-order valence-corrected chi connectivity index (χ0v) is 14.0. The van der Waals surface area contributed by atoms with Crippen LogP contribution in [-0.4, -0.2) is 66.3 Å². The van der Waals surface area contributed by atoms with Gasteiger partial charge in [0.05, 0.1) is 24.2 Å². The number of benzene rings is 1. The van der Waals surface area contributed by atoms with Gasteiger partial charge < -0.3 is 19.9 Å². The van der Waals surface area contributed by atoms with Gasteiger partial charge in [0.1, 0.15) is 18.0 Å². The van der Waals surface area contributed by atoms with Crippen LogP contribution in [0.2, 0.25) is 0 Å². The van der Waals surface area contributed by atoms with E-state index in [0.717, 1.165) is 13.0 Å². The Morgan fingerprint density at radius 1 is 1.40 bits per heavy atom. The van der Waals surface area contributed by atoms with E-state index in [9.17, 15) is 9.18 Å². The molecule has 25 heavy (non-hydrogen) atoms. The summed E-state index contributed by atoms with van der Waals surface area (Å²) in [7, 11) is 1.63. The maximum absolute atomic E-state index is 13.7. The summed E-state index contributed by atoms with van der Waals surface area (Å²) in [5.41, 5.74) is 0.714. The van der Waals surface area contributed by atoms with E-state index in [2.05, 4.69) is 20.2 Å². The van der Waals surface area contributed by atoms with Crippen LogP contribution in [0.5, 0.6) is 0 Å². The Bertz CT molecular complexity index is 802. The number of halogens is 1. The number of methoxy groups -OCH3 is 1. The van der Waals surface area contributed by atoms with Gasteiger partial charge in [0.15, 0.2) is 0 Å². The van der Waals surface area contributed by atoms with Crippen molar-refractivity contribution < 1.29 is 13.9 Å². The number of carbonyl (C=O) groups excluding carboxylic acids is 1. The molecule has 0 unspecified atom stereocenters. The topological polar surface area (TPSA) is 70.6 Å². The van der Waals surface area contributed by atoms with Crippen molar-refractivity contribution in [1.29, 1.82) is 0 Å². The fraction of sp³-hybridized carbons (Fsp3) is 0.471. The number of fused-ring (bicyclic) bond motifs is 2. The van der Waals surface area contributed by atoms with Crippen molar-refractivity contribution >= 4 is 22.8 Å². The van der Waals surface area contributed by atoms with Crippen molar-refractivity contribution in [3.05, 3.63) is 30.3 Å². The average Bonchev–Trinajstić information content (AvgIpc) is 2.93. The van der Waals surface area contributed by atoms with Crippen molar-refractivity contribution in [2.75, 3.05) is 38.3 Å². The number of hydrogen-bond acceptors (Lipinski definition) is 5. The average molecular weight is 345 g/mol. The summed E-state index contributed by atoms with van der Waals surface area (Å²) in [5.74, 6) is 0.408. The molecule has 8 heteroatoms. The highest BCUT2D eigenvalue weighted by molar-refractivity contribution is 5.89. The first-order valence-electron chi connectivity index (χ1n) is 8.38. The van der Waals surface area contributed by atoms with Crippen molar-refractivity contribution in [2.45, 2.75) is 18.5 Å². The van der Waals surface area contributed by atoms with Crippen LogP contribution in [0.25, 0.3) is 10.9 Å². The van der Waals surface area contributed by atoms with E-state index in [4.69, 9.17) is 4.74 Å². The lowest BCUT2D eigenvalue weighted by molar-refractivity contribution is 0.140. The van der Waals surface area contributed by atoms with Crippen molar-refractivity contribution in [3.63, 3.8) is 0 Å². The van der Waals surface area contributed by atoms with Crippen molar-refractivity contribution in [1.82, 2.24) is 20.2 Å². The van der Waals surface area contributed by atoms with Crippen LogP contribution in [0.1, 0.15) is 6.42 Å². The molecule has 4 rings (SSSR count). The molecule has 132 valence electrons. The highest BCUT2D eigenvalue weighted by Crippen LogP contribution is 2.29. The van der Waals surface area contributed by atoms with Gasteiger partial charge in [-0.15, -0.1) is 0 Å². The molecule has 2 saturated heterocycles. The molecule has 0 saturated carbocycles. The van der Waals surface area contributed by atoms with E-state index in [1.165, 1.54) is 18.5 Å². The molecule has 3 heterocycles. The third-order valence-electron chi connectivity index (χ3n) is 4.96. The predicted octanol–water partition coefficient (Wildman–Crippen LogP) is 1.39. The number of piperidine rings is 1. The summed E-state index contributed by atoms with van der Waals surface area (Å²) >= 11 is 0. The molecule has 2 fully saturated rings. The Morgan fingerprint density at radius 3 is 3.12 bits per heavy atom. The third kappa shape index (κ3) is 2.86. The van der Waals surface area contributed by atoms with E-state index >= 15 is 0 Å². The van der Waals surface area contributed by atoms with Crippen LogP contribution in [0.4, 0.5) is 15.0 Å².